The van der Waals surface area contributed by atoms with Gasteiger partial charge in [0.05, 0.1) is 17.9 Å². The average Bonchev–Trinajstić information content (AvgIpc) is 2.37. The van der Waals surface area contributed by atoms with E-state index in [9.17, 15) is 4.39 Å². The van der Waals surface area contributed by atoms with Gasteiger partial charge in [0.15, 0.2) is 0 Å². The van der Waals surface area contributed by atoms with Crippen LogP contribution in [0.3, 0.4) is 0 Å². The number of hydrogen-bond acceptors (Lipinski definition) is 3. The van der Waals surface area contributed by atoms with Crippen LogP contribution in [-0.2, 0) is 0 Å². The first kappa shape index (κ1) is 13.6. The molecule has 2 rings (SSSR count). The lowest BCUT2D eigenvalue weighted by molar-refractivity contribution is 0.547. The van der Waals surface area contributed by atoms with Crippen molar-refractivity contribution in [3.8, 4) is 0 Å². The lowest BCUT2D eigenvalue weighted by Gasteiger charge is -2.20. The third-order valence-electron chi connectivity index (χ3n) is 3.06. The molecule has 0 radical (unpaired) electrons. The zero-order valence-electron chi connectivity index (χ0n) is 11.4. The first-order chi connectivity index (χ1) is 9.13. The summed E-state index contributed by atoms with van der Waals surface area (Å²) in [5.41, 5.74) is 3.23. The summed E-state index contributed by atoms with van der Waals surface area (Å²) < 4.78 is 14.3. The summed E-state index contributed by atoms with van der Waals surface area (Å²) >= 11 is 0. The van der Waals surface area contributed by atoms with E-state index in [4.69, 9.17) is 0 Å². The minimum absolute atomic E-state index is 0.200. The number of rotatable bonds is 4. The van der Waals surface area contributed by atoms with E-state index in [2.05, 4.69) is 15.3 Å². The number of hydrogen-bond donors (Lipinski definition) is 1. The highest BCUT2D eigenvalue weighted by Gasteiger charge is 2.20. The van der Waals surface area contributed by atoms with Gasteiger partial charge in [0.25, 0.3) is 0 Å². The fourth-order valence-electron chi connectivity index (χ4n) is 2.31. The molecule has 0 aliphatic carbocycles. The fraction of sp³-hybridized carbons (Fsp3) is 0.333. The quantitative estimate of drug-likeness (QED) is 0.917. The lowest BCUT2D eigenvalue weighted by Crippen LogP contribution is -2.25. The molecule has 0 amide bonds. The molecular formula is C15H18FN3. The minimum Gasteiger partial charge on any atom is -0.305 e. The number of halogens is 1. The first-order valence-electron chi connectivity index (χ1n) is 6.39. The van der Waals surface area contributed by atoms with Crippen molar-refractivity contribution in [3.05, 3.63) is 58.9 Å². The van der Waals surface area contributed by atoms with E-state index in [1.54, 1.807) is 24.7 Å². The maximum Gasteiger partial charge on any atom is 0.128 e. The number of benzene rings is 1. The number of nitrogens with zero attached hydrogens (tertiary/aromatic N) is 2. The molecule has 1 aromatic heterocycles. The van der Waals surface area contributed by atoms with Gasteiger partial charge in [-0.05, 0) is 37.6 Å². The van der Waals surface area contributed by atoms with Crippen LogP contribution in [0, 0.1) is 19.7 Å². The molecule has 1 unspecified atom stereocenters. The second-order valence-corrected chi connectivity index (χ2v) is 4.60. The second kappa shape index (κ2) is 5.89. The molecule has 1 heterocycles. The van der Waals surface area contributed by atoms with Crippen molar-refractivity contribution < 1.29 is 4.39 Å². The fourth-order valence-corrected chi connectivity index (χ4v) is 2.31. The normalized spacial score (nSPS) is 12.4. The monoisotopic (exact) mass is 259 g/mol. The predicted octanol–water partition coefficient (Wildman–Crippen LogP) is 2.93. The highest BCUT2D eigenvalue weighted by atomic mass is 19.1. The molecule has 0 aliphatic heterocycles. The Bertz CT molecular complexity index is 532. The molecule has 0 spiro atoms. The molecule has 0 fully saturated rings. The van der Waals surface area contributed by atoms with Gasteiger partial charge < -0.3 is 5.32 Å². The number of aryl methyl sites for hydroxylation is 2. The molecular weight excluding hydrogens is 241 g/mol. The second-order valence-electron chi connectivity index (χ2n) is 4.60. The minimum atomic E-state index is -0.265. The van der Waals surface area contributed by atoms with Crippen molar-refractivity contribution in [3.63, 3.8) is 0 Å². The van der Waals surface area contributed by atoms with Gasteiger partial charge in [0.1, 0.15) is 5.82 Å². The summed E-state index contributed by atoms with van der Waals surface area (Å²) in [5, 5.41) is 3.27. The molecule has 0 saturated carbocycles. The van der Waals surface area contributed by atoms with Crippen molar-refractivity contribution in [1.29, 1.82) is 0 Å². The van der Waals surface area contributed by atoms with Gasteiger partial charge in [-0.1, -0.05) is 13.0 Å². The zero-order valence-corrected chi connectivity index (χ0v) is 11.4. The van der Waals surface area contributed by atoms with Crippen LogP contribution in [0.2, 0.25) is 0 Å². The molecule has 1 atom stereocenters. The van der Waals surface area contributed by atoms with Crippen molar-refractivity contribution in [2.75, 3.05) is 6.54 Å². The van der Waals surface area contributed by atoms with Crippen LogP contribution in [0.4, 0.5) is 4.39 Å². The molecule has 0 bridgehead atoms. The zero-order chi connectivity index (χ0) is 13.8. The standard InChI is InChI=1S/C15H18FN3/c1-4-18-15(13-9-17-5-6-19-13)14-11(3)7-10(2)8-12(14)16/h5-9,15,18H,4H2,1-3H3. The lowest BCUT2D eigenvalue weighted by atomic mass is 9.96. The Morgan fingerprint density at radius 3 is 2.63 bits per heavy atom. The van der Waals surface area contributed by atoms with E-state index in [0.29, 0.717) is 5.56 Å². The number of nitrogens with one attached hydrogen (secondary N) is 1. The summed E-state index contributed by atoms with van der Waals surface area (Å²) in [4.78, 5) is 8.35. The largest absolute Gasteiger partial charge is 0.305 e. The number of aromatic nitrogens is 2. The summed E-state index contributed by atoms with van der Waals surface area (Å²) in [7, 11) is 0. The maximum atomic E-state index is 14.3. The van der Waals surface area contributed by atoms with Gasteiger partial charge in [-0.15, -0.1) is 0 Å². The molecule has 1 N–H and O–H groups in total. The van der Waals surface area contributed by atoms with Crippen molar-refractivity contribution in [2.45, 2.75) is 26.8 Å². The van der Waals surface area contributed by atoms with Gasteiger partial charge in [-0.3, -0.25) is 9.97 Å². The van der Waals surface area contributed by atoms with Crippen molar-refractivity contribution >= 4 is 0 Å². The van der Waals surface area contributed by atoms with Crippen LogP contribution in [0.5, 0.6) is 0 Å². The third kappa shape index (κ3) is 2.96. The van der Waals surface area contributed by atoms with Gasteiger partial charge in [0, 0.05) is 18.0 Å². The Balaban J connectivity index is 2.51. The van der Waals surface area contributed by atoms with E-state index in [1.165, 1.54) is 0 Å². The highest BCUT2D eigenvalue weighted by Crippen LogP contribution is 2.26. The van der Waals surface area contributed by atoms with Gasteiger partial charge in [0.2, 0.25) is 0 Å². The maximum absolute atomic E-state index is 14.3. The van der Waals surface area contributed by atoms with Crippen LogP contribution in [0.15, 0.2) is 30.7 Å². The molecule has 2 aromatic rings. The van der Waals surface area contributed by atoms with E-state index in [0.717, 1.165) is 23.4 Å². The van der Waals surface area contributed by atoms with E-state index in [1.807, 2.05) is 26.8 Å². The molecule has 4 heteroatoms. The van der Waals surface area contributed by atoms with Crippen LogP contribution in [0.25, 0.3) is 0 Å². The Hall–Kier alpha value is -1.81. The van der Waals surface area contributed by atoms with Gasteiger partial charge in [-0.25, -0.2) is 4.39 Å². The molecule has 100 valence electrons. The Morgan fingerprint density at radius 2 is 2.05 bits per heavy atom. The summed E-state index contributed by atoms with van der Waals surface area (Å²) in [6.45, 7) is 6.54. The van der Waals surface area contributed by atoms with E-state index < -0.39 is 0 Å². The molecule has 0 aliphatic rings. The van der Waals surface area contributed by atoms with Crippen LogP contribution in [0.1, 0.15) is 35.3 Å². The molecule has 19 heavy (non-hydrogen) atoms. The Morgan fingerprint density at radius 1 is 1.26 bits per heavy atom. The third-order valence-corrected chi connectivity index (χ3v) is 3.06. The van der Waals surface area contributed by atoms with Crippen molar-refractivity contribution in [2.24, 2.45) is 0 Å². The van der Waals surface area contributed by atoms with E-state index >= 15 is 0 Å². The predicted molar refractivity (Wildman–Crippen MR) is 73.4 cm³/mol. The van der Waals surface area contributed by atoms with Crippen LogP contribution < -0.4 is 5.32 Å². The van der Waals surface area contributed by atoms with Crippen LogP contribution in [-0.4, -0.2) is 16.5 Å². The highest BCUT2D eigenvalue weighted by molar-refractivity contribution is 5.37. The summed E-state index contributed by atoms with van der Waals surface area (Å²) in [5.74, 6) is -0.200. The van der Waals surface area contributed by atoms with Crippen molar-refractivity contribution in [1.82, 2.24) is 15.3 Å². The SMILES string of the molecule is CCNC(c1cnccn1)c1c(C)cc(C)cc1F. The molecule has 3 nitrogen and oxygen atoms in total. The van der Waals surface area contributed by atoms with Crippen LogP contribution >= 0.6 is 0 Å². The topological polar surface area (TPSA) is 37.8 Å². The smallest absolute Gasteiger partial charge is 0.128 e. The van der Waals surface area contributed by atoms with E-state index in [-0.39, 0.29) is 11.9 Å². The first-order valence-corrected chi connectivity index (χ1v) is 6.39. The van der Waals surface area contributed by atoms with Gasteiger partial charge in [-0.2, -0.15) is 0 Å². The summed E-state index contributed by atoms with van der Waals surface area (Å²) in [6, 6.07) is 3.28. The van der Waals surface area contributed by atoms with Gasteiger partial charge >= 0.3 is 0 Å². The average molecular weight is 259 g/mol. The Kier molecular flexibility index (Phi) is 4.22. The molecule has 0 saturated heterocycles. The molecule has 1 aromatic carbocycles. The summed E-state index contributed by atoms with van der Waals surface area (Å²) in [6.07, 6.45) is 4.91. The Labute approximate surface area is 112 Å².